The molecule has 0 bridgehead atoms. The van der Waals surface area contributed by atoms with Crippen molar-refractivity contribution in [3.05, 3.63) is 29.8 Å². The Bertz CT molecular complexity index is 374. The molecule has 0 heterocycles. The van der Waals surface area contributed by atoms with Crippen LogP contribution in [0.5, 0.6) is 0 Å². The number of benzene rings is 1. The maximum absolute atomic E-state index is 11.3. The summed E-state index contributed by atoms with van der Waals surface area (Å²) in [6.07, 6.45) is 1.86. The van der Waals surface area contributed by atoms with Gasteiger partial charge in [0, 0.05) is 5.69 Å². The molecular weight excluding hydrogens is 206 g/mol. The normalized spacial score (nSPS) is 14.6. The van der Waals surface area contributed by atoms with Crippen LogP contribution in [0.3, 0.4) is 0 Å². The summed E-state index contributed by atoms with van der Waals surface area (Å²) < 4.78 is 5.02. The zero-order chi connectivity index (χ0) is 11.4. The highest BCUT2D eigenvalue weighted by Gasteiger charge is 2.22. The van der Waals surface area contributed by atoms with Crippen molar-refractivity contribution in [2.24, 2.45) is 5.92 Å². The van der Waals surface area contributed by atoms with Crippen LogP contribution >= 0.6 is 0 Å². The number of hydrogen-bond acceptors (Lipinski definition) is 3. The summed E-state index contributed by atoms with van der Waals surface area (Å²) >= 11 is 0. The third-order valence-electron chi connectivity index (χ3n) is 2.42. The number of anilines is 1. The topological polar surface area (TPSA) is 58.6 Å². The average molecular weight is 220 g/mol. The molecule has 0 aromatic heterocycles. The predicted molar refractivity (Wildman–Crippen MR) is 58.9 cm³/mol. The molecule has 1 radical (unpaired) electrons. The molecule has 16 heavy (non-hydrogen) atoms. The fourth-order valence-corrected chi connectivity index (χ4v) is 1.32. The number of amides is 1. The summed E-state index contributed by atoms with van der Waals surface area (Å²) in [6.45, 7) is 0.429. The first kappa shape index (κ1) is 11.0. The lowest BCUT2D eigenvalue weighted by Crippen LogP contribution is -2.15. The molecule has 85 valence electrons. The quantitative estimate of drug-likeness (QED) is 0.815. The lowest BCUT2D eigenvalue weighted by molar-refractivity contribution is 0.156. The summed E-state index contributed by atoms with van der Waals surface area (Å²) in [5.74, 6) is 0.557. The molecule has 0 aliphatic heterocycles. The van der Waals surface area contributed by atoms with Crippen LogP contribution in [-0.4, -0.2) is 17.8 Å². The second kappa shape index (κ2) is 4.99. The Labute approximate surface area is 94.2 Å². The van der Waals surface area contributed by atoms with Crippen LogP contribution in [0, 0.1) is 12.0 Å². The van der Waals surface area contributed by atoms with E-state index >= 15 is 0 Å². The zero-order valence-electron chi connectivity index (χ0n) is 8.90. The van der Waals surface area contributed by atoms with E-state index in [1.54, 1.807) is 18.2 Å². The monoisotopic (exact) mass is 220 g/mol. The minimum atomic E-state index is -0.449. The molecule has 1 amide bonds. The number of carbonyl (C=O) groups excluding carboxylic acids is 1. The second-order valence-corrected chi connectivity index (χ2v) is 3.95. The van der Waals surface area contributed by atoms with Gasteiger partial charge in [0.1, 0.15) is 0 Å². The lowest BCUT2D eigenvalue weighted by atomic mass is 10.2. The summed E-state index contributed by atoms with van der Waals surface area (Å²) in [4.78, 5) is 11.3. The van der Waals surface area contributed by atoms with Crippen LogP contribution in [0.4, 0.5) is 10.5 Å². The van der Waals surface area contributed by atoms with Gasteiger partial charge in [-0.15, -0.1) is 0 Å². The Kier molecular flexibility index (Phi) is 3.41. The van der Waals surface area contributed by atoms with Gasteiger partial charge in [0.05, 0.1) is 13.2 Å². The van der Waals surface area contributed by atoms with E-state index in [1.807, 2.05) is 0 Å². The number of rotatable bonds is 4. The first-order valence-electron chi connectivity index (χ1n) is 5.32. The highest BCUT2D eigenvalue weighted by molar-refractivity contribution is 5.84. The molecule has 0 atom stereocenters. The van der Waals surface area contributed by atoms with Crippen LogP contribution in [0.25, 0.3) is 0 Å². The molecule has 1 aliphatic rings. The molecule has 4 heteroatoms. The van der Waals surface area contributed by atoms with Crippen molar-refractivity contribution in [2.75, 3.05) is 11.9 Å². The van der Waals surface area contributed by atoms with Gasteiger partial charge < -0.3 is 9.84 Å². The molecule has 1 aromatic carbocycles. The van der Waals surface area contributed by atoms with Gasteiger partial charge >= 0.3 is 6.09 Å². The number of hydrogen-bond donors (Lipinski definition) is 2. The average Bonchev–Trinajstić information content (AvgIpc) is 3.10. The Hall–Kier alpha value is -1.55. The standard InChI is InChI=1S/C12H14NO3/c14-7-10-2-1-3-11(6-10)13-12(15)16-8-9-4-5-9/h2-3,6,9,14H,4-5,7-8H2,(H,13,15). The Balaban J connectivity index is 1.83. The minimum absolute atomic E-state index is 0.0663. The number of carbonyl (C=O) groups is 1. The fraction of sp³-hybridized carbons (Fsp3) is 0.417. The number of nitrogens with one attached hydrogen (secondary N) is 1. The second-order valence-electron chi connectivity index (χ2n) is 3.95. The molecule has 1 aliphatic carbocycles. The molecule has 0 unspecified atom stereocenters. The van der Waals surface area contributed by atoms with E-state index in [9.17, 15) is 4.79 Å². The van der Waals surface area contributed by atoms with Crippen molar-refractivity contribution in [1.29, 1.82) is 0 Å². The third kappa shape index (κ3) is 3.24. The summed E-state index contributed by atoms with van der Waals surface area (Å²) in [6, 6.07) is 7.83. The van der Waals surface area contributed by atoms with Crippen molar-refractivity contribution >= 4 is 11.8 Å². The van der Waals surface area contributed by atoms with Crippen molar-refractivity contribution in [2.45, 2.75) is 19.4 Å². The van der Waals surface area contributed by atoms with E-state index in [0.717, 1.165) is 12.8 Å². The molecule has 2 rings (SSSR count). The van der Waals surface area contributed by atoms with Crippen molar-refractivity contribution in [3.8, 4) is 0 Å². The van der Waals surface area contributed by atoms with Gasteiger partial charge in [-0.3, -0.25) is 5.32 Å². The lowest BCUT2D eigenvalue weighted by Gasteiger charge is -2.06. The Morgan fingerprint density at radius 1 is 1.56 bits per heavy atom. The van der Waals surface area contributed by atoms with Crippen LogP contribution in [0.2, 0.25) is 0 Å². The van der Waals surface area contributed by atoms with Gasteiger partial charge in [0.25, 0.3) is 0 Å². The summed E-state index contributed by atoms with van der Waals surface area (Å²) in [5.41, 5.74) is 1.30. The highest BCUT2D eigenvalue weighted by Crippen LogP contribution is 2.28. The van der Waals surface area contributed by atoms with Gasteiger partial charge in [0.15, 0.2) is 0 Å². The van der Waals surface area contributed by atoms with Gasteiger partial charge in [-0.05, 0) is 48.6 Å². The Morgan fingerprint density at radius 3 is 3.06 bits per heavy atom. The SMILES string of the molecule is O=C(Nc1c[c]cc(CO)c1)OCC1CC1. The number of aliphatic hydroxyl groups is 1. The first-order valence-corrected chi connectivity index (χ1v) is 5.32. The molecule has 0 saturated heterocycles. The van der Waals surface area contributed by atoms with Gasteiger partial charge in [-0.2, -0.15) is 0 Å². The third-order valence-corrected chi connectivity index (χ3v) is 2.42. The van der Waals surface area contributed by atoms with Crippen molar-refractivity contribution in [3.63, 3.8) is 0 Å². The van der Waals surface area contributed by atoms with Crippen LogP contribution < -0.4 is 5.32 Å². The van der Waals surface area contributed by atoms with E-state index in [4.69, 9.17) is 9.84 Å². The molecule has 0 spiro atoms. The van der Waals surface area contributed by atoms with Crippen LogP contribution in [-0.2, 0) is 11.3 Å². The van der Waals surface area contributed by atoms with E-state index in [2.05, 4.69) is 11.4 Å². The molecule has 1 aromatic rings. The molecule has 1 saturated carbocycles. The Morgan fingerprint density at radius 2 is 2.38 bits per heavy atom. The summed E-state index contributed by atoms with van der Waals surface area (Å²) in [7, 11) is 0. The molecular formula is C12H14NO3. The maximum atomic E-state index is 11.3. The fourth-order valence-electron chi connectivity index (χ4n) is 1.32. The van der Waals surface area contributed by atoms with Crippen LogP contribution in [0.15, 0.2) is 18.2 Å². The van der Waals surface area contributed by atoms with E-state index < -0.39 is 6.09 Å². The minimum Gasteiger partial charge on any atom is -0.449 e. The van der Waals surface area contributed by atoms with E-state index in [1.165, 1.54) is 0 Å². The highest BCUT2D eigenvalue weighted by atomic mass is 16.5. The molecule has 4 nitrogen and oxygen atoms in total. The van der Waals surface area contributed by atoms with Crippen molar-refractivity contribution < 1.29 is 14.6 Å². The predicted octanol–water partition coefficient (Wildman–Crippen LogP) is 1.94. The van der Waals surface area contributed by atoms with Gasteiger partial charge in [0.2, 0.25) is 0 Å². The first-order chi connectivity index (χ1) is 7.78. The molecule has 1 fully saturated rings. The van der Waals surface area contributed by atoms with E-state index in [0.29, 0.717) is 23.8 Å². The largest absolute Gasteiger partial charge is 0.449 e. The number of ether oxygens (including phenoxy) is 1. The zero-order valence-corrected chi connectivity index (χ0v) is 8.90. The number of aliphatic hydroxyl groups excluding tert-OH is 1. The van der Waals surface area contributed by atoms with E-state index in [-0.39, 0.29) is 6.61 Å². The van der Waals surface area contributed by atoms with Crippen molar-refractivity contribution in [1.82, 2.24) is 0 Å². The van der Waals surface area contributed by atoms with Gasteiger partial charge in [-0.25, -0.2) is 4.79 Å². The maximum Gasteiger partial charge on any atom is 0.411 e. The smallest absolute Gasteiger partial charge is 0.411 e. The van der Waals surface area contributed by atoms with Gasteiger partial charge in [-0.1, -0.05) is 0 Å². The molecule has 2 N–H and O–H groups in total. The van der Waals surface area contributed by atoms with Crippen LogP contribution in [0.1, 0.15) is 18.4 Å². The summed E-state index contributed by atoms with van der Waals surface area (Å²) in [5, 5.41) is 11.5.